The second-order valence-corrected chi connectivity index (χ2v) is 12.0. The number of piperidine rings is 1. The lowest BCUT2D eigenvalue weighted by atomic mass is 9.83. The zero-order valence-electron chi connectivity index (χ0n) is 27.1. The summed E-state index contributed by atoms with van der Waals surface area (Å²) in [4.78, 5) is 48.4. The van der Waals surface area contributed by atoms with E-state index in [0.717, 1.165) is 23.5 Å². The van der Waals surface area contributed by atoms with Crippen LogP contribution in [0.1, 0.15) is 44.4 Å². The van der Waals surface area contributed by atoms with Gasteiger partial charge in [-0.3, -0.25) is 19.4 Å². The highest BCUT2D eigenvalue weighted by atomic mass is 16.5. The van der Waals surface area contributed by atoms with Crippen LogP contribution < -0.4 is 30.0 Å². The zero-order valence-corrected chi connectivity index (χ0v) is 27.1. The molecule has 1 N–H and O–H groups in total. The predicted octanol–water partition coefficient (Wildman–Crippen LogP) is 4.46. The summed E-state index contributed by atoms with van der Waals surface area (Å²) in [6, 6.07) is 19.8. The number of aromatic nitrogens is 2. The van der Waals surface area contributed by atoms with E-state index in [0.29, 0.717) is 66.7 Å². The van der Waals surface area contributed by atoms with Crippen molar-refractivity contribution in [2.24, 2.45) is 5.92 Å². The van der Waals surface area contributed by atoms with Gasteiger partial charge in [-0.2, -0.15) is 0 Å². The third-order valence-corrected chi connectivity index (χ3v) is 9.02. The molecule has 1 saturated heterocycles. The first-order valence-corrected chi connectivity index (χ1v) is 15.6. The van der Waals surface area contributed by atoms with E-state index >= 15 is 0 Å². The minimum atomic E-state index is -0.396. The van der Waals surface area contributed by atoms with Crippen molar-refractivity contribution in [1.29, 1.82) is 0 Å². The maximum absolute atomic E-state index is 13.8. The average molecular weight is 638 g/mol. The maximum atomic E-state index is 13.8. The predicted molar refractivity (Wildman–Crippen MR) is 179 cm³/mol. The van der Waals surface area contributed by atoms with Gasteiger partial charge in [-0.15, -0.1) is 0 Å². The number of carbonyl (C=O) groups is 2. The number of hydrogen-bond acceptors (Lipinski definition) is 8. The molecule has 2 aromatic carbocycles. The van der Waals surface area contributed by atoms with Gasteiger partial charge in [-0.25, -0.2) is 0 Å². The maximum Gasteiger partial charge on any atom is 0.255 e. The number of hydrogen-bond donors (Lipinski definition) is 1. The van der Waals surface area contributed by atoms with Gasteiger partial charge in [-0.1, -0.05) is 12.1 Å². The van der Waals surface area contributed by atoms with Crippen LogP contribution in [0, 0.1) is 5.92 Å². The lowest BCUT2D eigenvalue weighted by molar-refractivity contribution is 0.0796. The number of likely N-dealkylation sites (N-methyl/N-ethyl adjacent to an activating group) is 1. The van der Waals surface area contributed by atoms with E-state index in [1.54, 1.807) is 42.4 Å². The first-order chi connectivity index (χ1) is 22.8. The summed E-state index contributed by atoms with van der Waals surface area (Å²) < 4.78 is 18.3. The molecule has 11 heteroatoms. The summed E-state index contributed by atoms with van der Waals surface area (Å²) in [7, 11) is 6.26. The standard InChI is InChI=1S/C36H39N5O6/c1-39(15-13-27-8-5-6-14-37-27)36(44)24-11-12-30(40-20-23-16-26(22-40)29-9-7-10-33(42)41(29)21-23)28(17-24)38-35(43)25-18-31(45-2)34(47-4)32(19-25)46-3/h5-12,14,17-19,23,26H,13,15-16,20-22H2,1-4H3,(H,38,43)/t23-,26+/m1/s1. The Kier molecular flexibility index (Phi) is 9.15. The molecule has 0 saturated carbocycles. The molecule has 4 heterocycles. The average Bonchev–Trinajstić information content (AvgIpc) is 3.10. The van der Waals surface area contributed by atoms with E-state index in [1.807, 2.05) is 47.0 Å². The Bertz CT molecular complexity index is 1820. The number of amides is 2. The molecular formula is C36H39N5O6. The molecule has 4 aromatic rings. The van der Waals surface area contributed by atoms with E-state index in [9.17, 15) is 14.4 Å². The summed E-state index contributed by atoms with van der Waals surface area (Å²) >= 11 is 0. The minimum Gasteiger partial charge on any atom is -0.493 e. The summed E-state index contributed by atoms with van der Waals surface area (Å²) in [6.45, 7) is 2.51. The number of benzene rings is 2. The Morgan fingerprint density at radius 2 is 1.70 bits per heavy atom. The van der Waals surface area contributed by atoms with Gasteiger partial charge < -0.3 is 33.9 Å². The number of methoxy groups -OCH3 is 3. The number of carbonyl (C=O) groups excluding carboxylic acids is 2. The molecule has 2 aliphatic heterocycles. The first-order valence-electron chi connectivity index (χ1n) is 15.6. The van der Waals surface area contributed by atoms with Crippen LogP contribution in [0.3, 0.4) is 0 Å². The van der Waals surface area contributed by atoms with Gasteiger partial charge in [0.15, 0.2) is 11.5 Å². The molecule has 6 rings (SSSR count). The molecule has 244 valence electrons. The van der Waals surface area contributed by atoms with Crippen molar-refractivity contribution in [3.05, 3.63) is 106 Å². The van der Waals surface area contributed by atoms with Gasteiger partial charge in [0.25, 0.3) is 17.4 Å². The minimum absolute atomic E-state index is 0.0268. The fraction of sp³-hybridized carbons (Fsp3) is 0.333. The number of nitrogens with one attached hydrogen (secondary N) is 1. The fourth-order valence-electron chi connectivity index (χ4n) is 6.69. The van der Waals surface area contributed by atoms with Gasteiger partial charge in [0.1, 0.15) is 0 Å². The smallest absolute Gasteiger partial charge is 0.255 e. The van der Waals surface area contributed by atoms with Gasteiger partial charge in [0, 0.05) is 80.3 Å². The number of nitrogens with zero attached hydrogens (tertiary/aromatic N) is 4. The topological polar surface area (TPSA) is 115 Å². The normalized spacial score (nSPS) is 16.6. The summed E-state index contributed by atoms with van der Waals surface area (Å²) in [5.41, 5.74) is 4.03. The fourth-order valence-corrected chi connectivity index (χ4v) is 6.69. The van der Waals surface area contributed by atoms with E-state index in [4.69, 9.17) is 14.2 Å². The lowest BCUT2D eigenvalue weighted by Gasteiger charge is -2.44. The van der Waals surface area contributed by atoms with Crippen molar-refractivity contribution < 1.29 is 23.8 Å². The van der Waals surface area contributed by atoms with E-state index in [-0.39, 0.29) is 23.3 Å². The monoisotopic (exact) mass is 637 g/mol. The summed E-state index contributed by atoms with van der Waals surface area (Å²) in [5, 5.41) is 3.08. The molecule has 2 bridgehead atoms. The quantitative estimate of drug-likeness (QED) is 0.271. The van der Waals surface area contributed by atoms with Crippen molar-refractivity contribution in [1.82, 2.24) is 14.5 Å². The van der Waals surface area contributed by atoms with Crippen LogP contribution in [-0.2, 0) is 13.0 Å². The highest BCUT2D eigenvalue weighted by Crippen LogP contribution is 2.41. The Morgan fingerprint density at radius 3 is 2.40 bits per heavy atom. The Morgan fingerprint density at radius 1 is 0.915 bits per heavy atom. The Hall–Kier alpha value is -5.32. The van der Waals surface area contributed by atoms with Crippen molar-refractivity contribution in [3.8, 4) is 17.2 Å². The van der Waals surface area contributed by atoms with Crippen LogP contribution in [0.5, 0.6) is 17.2 Å². The summed E-state index contributed by atoms with van der Waals surface area (Å²) in [5.74, 6) is 0.954. The number of rotatable bonds is 10. The molecule has 11 nitrogen and oxygen atoms in total. The molecule has 1 fully saturated rings. The molecule has 2 amide bonds. The third-order valence-electron chi connectivity index (χ3n) is 9.02. The van der Waals surface area contributed by atoms with Crippen molar-refractivity contribution in [2.75, 3.05) is 58.2 Å². The number of pyridine rings is 2. The SMILES string of the molecule is COc1cc(C(=O)Nc2cc(C(=O)N(C)CCc3ccccn3)ccc2N2C[C@H]3C[C@@H](C2)c2cccc(=O)n2C3)cc(OC)c1OC. The molecule has 0 radical (unpaired) electrons. The number of anilines is 2. The molecule has 47 heavy (non-hydrogen) atoms. The van der Waals surface area contributed by atoms with Crippen LogP contribution >= 0.6 is 0 Å². The number of ether oxygens (including phenoxy) is 3. The Labute approximate surface area is 273 Å². The molecule has 0 aliphatic carbocycles. The van der Waals surface area contributed by atoms with E-state index in [1.165, 1.54) is 21.3 Å². The van der Waals surface area contributed by atoms with E-state index < -0.39 is 5.91 Å². The highest BCUT2D eigenvalue weighted by Gasteiger charge is 2.35. The number of fused-ring (bicyclic) bond motifs is 4. The van der Waals surface area contributed by atoms with Crippen molar-refractivity contribution in [2.45, 2.75) is 25.3 Å². The molecule has 2 aromatic heterocycles. The highest BCUT2D eigenvalue weighted by molar-refractivity contribution is 6.08. The van der Waals surface area contributed by atoms with Gasteiger partial charge in [0.2, 0.25) is 5.75 Å². The molecule has 2 atom stereocenters. The van der Waals surface area contributed by atoms with Gasteiger partial charge >= 0.3 is 0 Å². The molecule has 0 spiro atoms. The second kappa shape index (κ2) is 13.6. The molecule has 0 unspecified atom stereocenters. The molecular weight excluding hydrogens is 598 g/mol. The largest absolute Gasteiger partial charge is 0.493 e. The van der Waals surface area contributed by atoms with Gasteiger partial charge in [-0.05, 0) is 60.9 Å². The molecule has 2 aliphatic rings. The van der Waals surface area contributed by atoms with E-state index in [2.05, 4.69) is 15.2 Å². The third kappa shape index (κ3) is 6.51. The van der Waals surface area contributed by atoms with Gasteiger partial charge in [0.05, 0.1) is 32.7 Å². The van der Waals surface area contributed by atoms with Crippen LogP contribution in [-0.4, -0.2) is 74.3 Å². The van der Waals surface area contributed by atoms with Crippen LogP contribution in [0.25, 0.3) is 0 Å². The lowest BCUT2D eigenvalue weighted by Crippen LogP contribution is -2.47. The second-order valence-electron chi connectivity index (χ2n) is 12.0. The van der Waals surface area contributed by atoms with Crippen molar-refractivity contribution in [3.63, 3.8) is 0 Å². The summed E-state index contributed by atoms with van der Waals surface area (Å²) in [6.07, 6.45) is 3.35. The zero-order chi connectivity index (χ0) is 33.1. The Balaban J connectivity index is 1.32. The van der Waals surface area contributed by atoms with Crippen LogP contribution in [0.2, 0.25) is 0 Å². The first kappa shape index (κ1) is 31.7. The van der Waals surface area contributed by atoms with Crippen LogP contribution in [0.15, 0.2) is 77.7 Å². The van der Waals surface area contributed by atoms with Crippen LogP contribution in [0.4, 0.5) is 11.4 Å². The van der Waals surface area contributed by atoms with Crippen molar-refractivity contribution >= 4 is 23.2 Å².